The van der Waals surface area contributed by atoms with Gasteiger partial charge < -0.3 is 4.90 Å². The summed E-state index contributed by atoms with van der Waals surface area (Å²) in [6.07, 6.45) is -0.915. The van der Waals surface area contributed by atoms with Crippen LogP contribution in [0.5, 0.6) is 0 Å². The van der Waals surface area contributed by atoms with Gasteiger partial charge in [0, 0.05) is 11.9 Å². The molecule has 0 unspecified atom stereocenters. The van der Waals surface area contributed by atoms with Gasteiger partial charge >= 0.3 is 6.18 Å². The maximum absolute atomic E-state index is 12.8. The summed E-state index contributed by atoms with van der Waals surface area (Å²) < 4.78 is 39.4. The number of hydrogen-bond acceptors (Lipinski definition) is 4. The highest BCUT2D eigenvalue weighted by Gasteiger charge is 2.30. The highest BCUT2D eigenvalue weighted by Crippen LogP contribution is 2.35. The van der Waals surface area contributed by atoms with Crippen LogP contribution in [0.4, 0.5) is 24.0 Å². The Morgan fingerprint density at radius 2 is 1.67 bits per heavy atom. The highest BCUT2D eigenvalue weighted by atomic mass is 32.1. The molecule has 0 aliphatic heterocycles. The van der Waals surface area contributed by atoms with Gasteiger partial charge in [0.15, 0.2) is 5.13 Å². The molecule has 4 aromatic rings. The van der Waals surface area contributed by atoms with Crippen LogP contribution < -0.4 is 4.90 Å². The van der Waals surface area contributed by atoms with Gasteiger partial charge in [-0.05, 0) is 35.9 Å². The third-order valence-corrected chi connectivity index (χ3v) is 5.16. The molecule has 27 heavy (non-hydrogen) atoms. The Morgan fingerprint density at radius 3 is 2.33 bits per heavy atom. The SMILES string of the molecule is FC(F)(F)c1ccc(CN(c2ccccc2)c2nc3cnccc3s2)cc1. The maximum atomic E-state index is 12.8. The number of rotatable bonds is 4. The lowest BCUT2D eigenvalue weighted by Crippen LogP contribution is -2.16. The minimum Gasteiger partial charge on any atom is -0.313 e. The van der Waals surface area contributed by atoms with Gasteiger partial charge in [-0.25, -0.2) is 4.98 Å². The van der Waals surface area contributed by atoms with E-state index in [0.717, 1.165) is 38.7 Å². The topological polar surface area (TPSA) is 29.0 Å². The molecule has 0 fully saturated rings. The first-order valence-corrected chi connectivity index (χ1v) is 9.02. The lowest BCUT2D eigenvalue weighted by Gasteiger charge is -2.22. The number of para-hydroxylation sites is 1. The minimum absolute atomic E-state index is 0.412. The molecule has 4 rings (SSSR count). The average molecular weight is 385 g/mol. The summed E-state index contributed by atoms with van der Waals surface area (Å²) in [6, 6.07) is 16.8. The van der Waals surface area contributed by atoms with Gasteiger partial charge in [0.05, 0.1) is 23.0 Å². The Hall–Kier alpha value is -2.93. The van der Waals surface area contributed by atoms with Crippen molar-refractivity contribution in [1.29, 1.82) is 0 Å². The number of alkyl halides is 3. The van der Waals surface area contributed by atoms with E-state index in [2.05, 4.69) is 9.97 Å². The number of benzene rings is 2. The van der Waals surface area contributed by atoms with Crippen molar-refractivity contribution in [2.75, 3.05) is 4.90 Å². The largest absolute Gasteiger partial charge is 0.416 e. The van der Waals surface area contributed by atoms with Crippen molar-refractivity contribution < 1.29 is 13.2 Å². The molecule has 0 saturated carbocycles. The molecule has 2 heterocycles. The van der Waals surface area contributed by atoms with Crippen molar-refractivity contribution in [1.82, 2.24) is 9.97 Å². The predicted octanol–water partition coefficient (Wildman–Crippen LogP) is 6.05. The normalized spacial score (nSPS) is 11.7. The summed E-state index contributed by atoms with van der Waals surface area (Å²) in [6.45, 7) is 0.412. The number of fused-ring (bicyclic) bond motifs is 1. The van der Waals surface area contributed by atoms with E-state index in [1.165, 1.54) is 23.5 Å². The average Bonchev–Trinajstić information content (AvgIpc) is 3.10. The Kier molecular flexibility index (Phi) is 4.53. The molecule has 0 aliphatic rings. The van der Waals surface area contributed by atoms with Crippen LogP contribution >= 0.6 is 11.3 Å². The van der Waals surface area contributed by atoms with Crippen LogP contribution in [0.2, 0.25) is 0 Å². The van der Waals surface area contributed by atoms with E-state index < -0.39 is 11.7 Å². The van der Waals surface area contributed by atoms with E-state index in [-0.39, 0.29) is 0 Å². The van der Waals surface area contributed by atoms with Crippen molar-refractivity contribution >= 4 is 32.4 Å². The number of nitrogens with zero attached hydrogens (tertiary/aromatic N) is 3. The maximum Gasteiger partial charge on any atom is 0.416 e. The summed E-state index contributed by atoms with van der Waals surface area (Å²) in [5.41, 5.74) is 1.84. The zero-order valence-corrected chi connectivity index (χ0v) is 14.8. The molecule has 0 radical (unpaired) electrons. The molecule has 0 amide bonds. The molecular weight excluding hydrogens is 371 g/mol. The Labute approximate surface area is 157 Å². The number of hydrogen-bond donors (Lipinski definition) is 0. The second-order valence-electron chi connectivity index (χ2n) is 5.96. The first-order chi connectivity index (χ1) is 13.0. The molecule has 0 N–H and O–H groups in total. The van der Waals surface area contributed by atoms with Gasteiger partial charge in [-0.1, -0.05) is 41.7 Å². The first-order valence-electron chi connectivity index (χ1n) is 8.20. The summed E-state index contributed by atoms with van der Waals surface area (Å²) in [5, 5.41) is 0.768. The van der Waals surface area contributed by atoms with Crippen LogP contribution in [-0.4, -0.2) is 9.97 Å². The third-order valence-electron chi connectivity index (χ3n) is 4.10. The molecule has 3 nitrogen and oxygen atoms in total. The lowest BCUT2D eigenvalue weighted by molar-refractivity contribution is -0.137. The van der Waals surface area contributed by atoms with Crippen LogP contribution in [0.25, 0.3) is 10.2 Å². The second kappa shape index (κ2) is 7.00. The quantitative estimate of drug-likeness (QED) is 0.428. The van der Waals surface area contributed by atoms with E-state index in [1.807, 2.05) is 41.3 Å². The number of anilines is 2. The van der Waals surface area contributed by atoms with E-state index in [0.29, 0.717) is 6.54 Å². The van der Waals surface area contributed by atoms with Gasteiger partial charge in [0.1, 0.15) is 5.52 Å². The van der Waals surface area contributed by atoms with E-state index in [9.17, 15) is 13.2 Å². The fourth-order valence-corrected chi connectivity index (χ4v) is 3.69. The van der Waals surface area contributed by atoms with Gasteiger partial charge in [0.2, 0.25) is 0 Å². The number of aromatic nitrogens is 2. The molecule has 0 spiro atoms. The zero-order chi connectivity index (χ0) is 18.9. The summed E-state index contributed by atoms with van der Waals surface area (Å²) in [4.78, 5) is 10.7. The van der Waals surface area contributed by atoms with Crippen molar-refractivity contribution in [3.8, 4) is 0 Å². The first kappa shape index (κ1) is 17.5. The summed E-state index contributed by atoms with van der Waals surface area (Å²) >= 11 is 1.52. The smallest absolute Gasteiger partial charge is 0.313 e. The zero-order valence-electron chi connectivity index (χ0n) is 14.0. The van der Waals surface area contributed by atoms with E-state index >= 15 is 0 Å². The predicted molar refractivity (Wildman–Crippen MR) is 101 cm³/mol. The number of halogens is 3. The molecule has 136 valence electrons. The Bertz CT molecular complexity index is 1010. The Morgan fingerprint density at radius 1 is 0.926 bits per heavy atom. The molecule has 7 heteroatoms. The third kappa shape index (κ3) is 3.78. The van der Waals surface area contributed by atoms with Crippen LogP contribution in [0.15, 0.2) is 73.1 Å². The van der Waals surface area contributed by atoms with Crippen LogP contribution in [0, 0.1) is 0 Å². The van der Waals surface area contributed by atoms with Crippen LogP contribution in [0.3, 0.4) is 0 Å². The van der Waals surface area contributed by atoms with E-state index in [1.54, 1.807) is 12.4 Å². The minimum atomic E-state index is -4.34. The second-order valence-corrected chi connectivity index (χ2v) is 6.97. The van der Waals surface area contributed by atoms with Crippen molar-refractivity contribution in [2.24, 2.45) is 0 Å². The molecule has 0 atom stereocenters. The van der Waals surface area contributed by atoms with Crippen molar-refractivity contribution in [3.05, 3.63) is 84.2 Å². The molecular formula is C20H14F3N3S. The lowest BCUT2D eigenvalue weighted by atomic mass is 10.1. The number of pyridine rings is 1. The van der Waals surface area contributed by atoms with Gasteiger partial charge in [-0.3, -0.25) is 4.98 Å². The number of thiazole rings is 1. The molecule has 0 aliphatic carbocycles. The highest BCUT2D eigenvalue weighted by molar-refractivity contribution is 7.22. The Balaban J connectivity index is 1.70. The molecule has 2 aromatic carbocycles. The molecule has 2 aromatic heterocycles. The molecule has 0 bridgehead atoms. The molecule has 0 saturated heterocycles. The van der Waals surface area contributed by atoms with Gasteiger partial charge in [-0.2, -0.15) is 13.2 Å². The fourth-order valence-electron chi connectivity index (χ4n) is 2.74. The standard InChI is InChI=1S/C20H14F3N3S/c21-20(22,23)15-8-6-14(7-9-15)13-26(16-4-2-1-3-5-16)19-25-17-12-24-11-10-18(17)27-19/h1-12H,13H2. The van der Waals surface area contributed by atoms with Crippen molar-refractivity contribution in [2.45, 2.75) is 12.7 Å². The van der Waals surface area contributed by atoms with Gasteiger partial charge in [-0.15, -0.1) is 0 Å². The summed E-state index contributed by atoms with van der Waals surface area (Å²) in [7, 11) is 0. The van der Waals surface area contributed by atoms with Crippen LogP contribution in [-0.2, 0) is 12.7 Å². The fraction of sp³-hybridized carbons (Fsp3) is 0.100. The van der Waals surface area contributed by atoms with Crippen LogP contribution in [0.1, 0.15) is 11.1 Å². The summed E-state index contributed by atoms with van der Waals surface area (Å²) in [5.74, 6) is 0. The monoisotopic (exact) mass is 385 g/mol. The van der Waals surface area contributed by atoms with Gasteiger partial charge in [0.25, 0.3) is 0 Å². The van der Waals surface area contributed by atoms with Crippen molar-refractivity contribution in [3.63, 3.8) is 0 Å². The van der Waals surface area contributed by atoms with E-state index in [4.69, 9.17) is 0 Å².